The molecule has 1 unspecified atom stereocenters. The molecule has 6 heteroatoms. The van der Waals surface area contributed by atoms with Crippen LogP contribution in [0.2, 0.25) is 0 Å². The largest absolute Gasteiger partial charge is 0.460 e. The van der Waals surface area contributed by atoms with Gasteiger partial charge in [-0.05, 0) is 17.7 Å². The molecule has 0 heterocycles. The predicted octanol–water partition coefficient (Wildman–Crippen LogP) is 1.71. The number of benzene rings is 1. The number of hydrogen-bond donors (Lipinski definition) is 1. The summed E-state index contributed by atoms with van der Waals surface area (Å²) in [6.45, 7) is 0.114. The van der Waals surface area contributed by atoms with Crippen molar-refractivity contribution >= 4 is 33.0 Å². The van der Waals surface area contributed by atoms with Crippen molar-refractivity contribution in [3.05, 3.63) is 34.3 Å². The Kier molecular flexibility index (Phi) is 4.93. The van der Waals surface area contributed by atoms with E-state index in [2.05, 4.69) is 15.9 Å². The van der Waals surface area contributed by atoms with Crippen LogP contribution in [0, 0.1) is 0 Å². The van der Waals surface area contributed by atoms with Gasteiger partial charge in [-0.25, -0.2) is 4.21 Å². The second-order valence-electron chi connectivity index (χ2n) is 2.75. The summed E-state index contributed by atoms with van der Waals surface area (Å²) in [5.74, 6) is -1.17. The van der Waals surface area contributed by atoms with Crippen LogP contribution in [0.3, 0.4) is 0 Å². The van der Waals surface area contributed by atoms with Crippen LogP contribution >= 0.6 is 15.9 Å². The first-order chi connectivity index (χ1) is 7.08. The number of carbonyl (C=O) groups excluding carboxylic acids is 1. The standard InChI is InChI=1S/C9H9BrO4S/c10-8-3-1-7(2-4-8)5-14-9(11)6-15(12)13/h1-4H,5-6H2,(H,12,13). The lowest BCUT2D eigenvalue weighted by atomic mass is 10.2. The molecule has 0 spiro atoms. The van der Waals surface area contributed by atoms with E-state index < -0.39 is 22.8 Å². The maximum atomic E-state index is 10.9. The van der Waals surface area contributed by atoms with E-state index in [0.717, 1.165) is 10.0 Å². The van der Waals surface area contributed by atoms with E-state index in [4.69, 9.17) is 9.29 Å². The Labute approximate surface area is 98.0 Å². The summed E-state index contributed by atoms with van der Waals surface area (Å²) in [5, 5.41) is 0. The van der Waals surface area contributed by atoms with Crippen molar-refractivity contribution in [3.63, 3.8) is 0 Å². The second-order valence-corrected chi connectivity index (χ2v) is 4.60. The molecule has 0 aliphatic heterocycles. The highest BCUT2D eigenvalue weighted by Crippen LogP contribution is 2.11. The van der Waals surface area contributed by atoms with Crippen molar-refractivity contribution < 1.29 is 18.3 Å². The van der Waals surface area contributed by atoms with E-state index in [9.17, 15) is 9.00 Å². The Morgan fingerprint density at radius 2 is 2.00 bits per heavy atom. The molecule has 0 fully saturated rings. The van der Waals surface area contributed by atoms with E-state index in [1.54, 1.807) is 12.1 Å². The van der Waals surface area contributed by atoms with Crippen molar-refractivity contribution in [1.29, 1.82) is 0 Å². The number of hydrogen-bond acceptors (Lipinski definition) is 3. The molecule has 1 aromatic carbocycles. The van der Waals surface area contributed by atoms with Gasteiger partial charge < -0.3 is 9.29 Å². The highest BCUT2D eigenvalue weighted by Gasteiger charge is 2.06. The van der Waals surface area contributed by atoms with E-state index in [1.165, 1.54) is 0 Å². The SMILES string of the molecule is O=C(CS(=O)O)OCc1ccc(Br)cc1. The maximum Gasteiger partial charge on any atom is 0.321 e. The minimum atomic E-state index is -2.14. The van der Waals surface area contributed by atoms with E-state index in [-0.39, 0.29) is 6.61 Å². The minimum absolute atomic E-state index is 0.114. The number of carbonyl (C=O) groups is 1. The number of ether oxygens (including phenoxy) is 1. The summed E-state index contributed by atoms with van der Waals surface area (Å²) < 4.78 is 24.4. The van der Waals surface area contributed by atoms with Gasteiger partial charge in [0.1, 0.15) is 12.4 Å². The molecule has 0 saturated heterocycles. The van der Waals surface area contributed by atoms with Crippen LogP contribution in [0.15, 0.2) is 28.7 Å². The third kappa shape index (κ3) is 5.06. The van der Waals surface area contributed by atoms with Gasteiger partial charge in [0.2, 0.25) is 0 Å². The molecule has 0 radical (unpaired) electrons. The van der Waals surface area contributed by atoms with Gasteiger partial charge in [0.15, 0.2) is 11.1 Å². The molecule has 82 valence electrons. The van der Waals surface area contributed by atoms with Gasteiger partial charge in [0, 0.05) is 4.47 Å². The molecule has 4 nitrogen and oxygen atoms in total. The summed E-state index contributed by atoms with van der Waals surface area (Å²) in [7, 11) is 0. The van der Waals surface area contributed by atoms with Crippen LogP contribution in [-0.4, -0.2) is 20.5 Å². The fourth-order valence-corrected chi connectivity index (χ4v) is 1.44. The molecule has 0 amide bonds. The van der Waals surface area contributed by atoms with Crippen molar-refractivity contribution in [1.82, 2.24) is 0 Å². The van der Waals surface area contributed by atoms with Crippen LogP contribution in [0.4, 0.5) is 0 Å². The van der Waals surface area contributed by atoms with Gasteiger partial charge in [-0.3, -0.25) is 4.79 Å². The topological polar surface area (TPSA) is 63.6 Å². The lowest BCUT2D eigenvalue weighted by Crippen LogP contribution is -2.13. The van der Waals surface area contributed by atoms with Crippen molar-refractivity contribution in [3.8, 4) is 0 Å². The molecule has 0 aliphatic rings. The maximum absolute atomic E-state index is 10.9. The van der Waals surface area contributed by atoms with Crippen molar-refractivity contribution in [2.75, 3.05) is 5.75 Å². The normalized spacial score (nSPS) is 12.1. The van der Waals surface area contributed by atoms with Crippen LogP contribution < -0.4 is 0 Å². The Balaban J connectivity index is 2.40. The van der Waals surface area contributed by atoms with E-state index in [1.807, 2.05) is 12.1 Å². The highest BCUT2D eigenvalue weighted by atomic mass is 79.9. The third-order valence-electron chi connectivity index (χ3n) is 1.55. The molecule has 1 atom stereocenters. The molecule has 1 N–H and O–H groups in total. The molecule has 15 heavy (non-hydrogen) atoms. The van der Waals surface area contributed by atoms with Gasteiger partial charge in [-0.2, -0.15) is 0 Å². The smallest absolute Gasteiger partial charge is 0.321 e. The quantitative estimate of drug-likeness (QED) is 0.678. The summed E-state index contributed by atoms with van der Waals surface area (Å²) in [6, 6.07) is 7.25. The van der Waals surface area contributed by atoms with Gasteiger partial charge in [0.25, 0.3) is 0 Å². The van der Waals surface area contributed by atoms with Crippen LogP contribution in [0.5, 0.6) is 0 Å². The first kappa shape index (κ1) is 12.4. The average Bonchev–Trinajstić information content (AvgIpc) is 2.16. The molecule has 1 aromatic rings. The zero-order valence-corrected chi connectivity index (χ0v) is 10.1. The van der Waals surface area contributed by atoms with Gasteiger partial charge in [-0.15, -0.1) is 0 Å². The van der Waals surface area contributed by atoms with Gasteiger partial charge in [-0.1, -0.05) is 28.1 Å². The Morgan fingerprint density at radius 3 is 2.53 bits per heavy atom. The predicted molar refractivity (Wildman–Crippen MR) is 59.6 cm³/mol. The first-order valence-electron chi connectivity index (χ1n) is 4.05. The third-order valence-corrected chi connectivity index (χ3v) is 2.57. The monoisotopic (exact) mass is 292 g/mol. The Hall–Kier alpha value is -0.720. The zero-order valence-electron chi connectivity index (χ0n) is 7.68. The molecular formula is C9H9BrO4S. The average molecular weight is 293 g/mol. The van der Waals surface area contributed by atoms with Crippen LogP contribution in [0.25, 0.3) is 0 Å². The van der Waals surface area contributed by atoms with Gasteiger partial charge >= 0.3 is 5.97 Å². The summed E-state index contributed by atoms with van der Waals surface area (Å²) in [4.78, 5) is 10.9. The number of rotatable bonds is 4. The highest BCUT2D eigenvalue weighted by molar-refractivity contribution is 9.10. The Morgan fingerprint density at radius 1 is 1.40 bits per heavy atom. The molecule has 1 rings (SSSR count). The first-order valence-corrected chi connectivity index (χ1v) is 6.12. The van der Waals surface area contributed by atoms with Crippen LogP contribution in [0.1, 0.15) is 5.56 Å². The molecule has 0 aliphatic carbocycles. The second kappa shape index (κ2) is 5.99. The van der Waals surface area contributed by atoms with Crippen LogP contribution in [-0.2, 0) is 27.2 Å². The summed E-state index contributed by atoms with van der Waals surface area (Å²) in [6.07, 6.45) is 0. The lowest BCUT2D eigenvalue weighted by molar-refractivity contribution is -0.141. The summed E-state index contributed by atoms with van der Waals surface area (Å²) >= 11 is 1.14. The number of halogens is 1. The fraction of sp³-hybridized carbons (Fsp3) is 0.222. The Bertz CT molecular complexity index is 363. The molecule has 0 saturated carbocycles. The molecular weight excluding hydrogens is 284 g/mol. The number of esters is 1. The minimum Gasteiger partial charge on any atom is -0.460 e. The molecule has 0 bridgehead atoms. The lowest BCUT2D eigenvalue weighted by Gasteiger charge is -2.03. The molecule has 0 aromatic heterocycles. The van der Waals surface area contributed by atoms with E-state index >= 15 is 0 Å². The summed E-state index contributed by atoms with van der Waals surface area (Å²) in [5.41, 5.74) is 0.829. The van der Waals surface area contributed by atoms with Gasteiger partial charge in [0.05, 0.1) is 0 Å². The van der Waals surface area contributed by atoms with Crippen molar-refractivity contribution in [2.45, 2.75) is 6.61 Å². The van der Waals surface area contributed by atoms with Crippen molar-refractivity contribution in [2.24, 2.45) is 0 Å². The fourth-order valence-electron chi connectivity index (χ4n) is 0.887. The van der Waals surface area contributed by atoms with E-state index in [0.29, 0.717) is 0 Å². The zero-order chi connectivity index (χ0) is 11.3.